The van der Waals surface area contributed by atoms with Crippen LogP contribution >= 0.6 is 0 Å². The molecule has 0 aromatic heterocycles. The van der Waals surface area contributed by atoms with Crippen molar-refractivity contribution in [2.24, 2.45) is 5.92 Å². The average molecular weight is 194 g/mol. The van der Waals surface area contributed by atoms with Crippen LogP contribution < -0.4 is 0 Å². The Balaban J connectivity index is 2.26. The molecule has 3 nitrogen and oxygen atoms in total. The molecule has 0 bridgehead atoms. The maximum Gasteiger partial charge on any atom is 0.308 e. The molecule has 0 saturated carbocycles. The van der Waals surface area contributed by atoms with Gasteiger partial charge in [0.15, 0.2) is 0 Å². The van der Waals surface area contributed by atoms with Crippen LogP contribution in [0.25, 0.3) is 0 Å². The van der Waals surface area contributed by atoms with E-state index < -0.39 is 11.9 Å². The Hall–Kier alpha value is -1.35. The maximum atomic E-state index is 10.5. The van der Waals surface area contributed by atoms with E-state index in [0.29, 0.717) is 6.61 Å². The Morgan fingerprint density at radius 2 is 2.07 bits per heavy atom. The van der Waals surface area contributed by atoms with Crippen molar-refractivity contribution >= 4 is 5.97 Å². The zero-order chi connectivity index (χ0) is 10.4. The van der Waals surface area contributed by atoms with E-state index >= 15 is 0 Å². The van der Waals surface area contributed by atoms with E-state index in [4.69, 9.17) is 9.84 Å². The minimum atomic E-state index is -0.821. The minimum Gasteiger partial charge on any atom is -0.481 e. The molecule has 3 heteroatoms. The van der Waals surface area contributed by atoms with Crippen molar-refractivity contribution in [2.75, 3.05) is 6.61 Å². The summed E-state index contributed by atoms with van der Waals surface area (Å²) in [6.45, 7) is 2.36. The summed E-state index contributed by atoms with van der Waals surface area (Å²) in [6, 6.07) is 9.69. The summed E-state index contributed by atoms with van der Waals surface area (Å²) in [7, 11) is 0. The molecule has 76 valence electrons. The predicted molar refractivity (Wildman–Crippen MR) is 52.9 cm³/mol. The fourth-order valence-corrected chi connectivity index (χ4v) is 0.999. The molecule has 1 rings (SSSR count). The molecule has 0 heterocycles. The first kappa shape index (κ1) is 10.7. The van der Waals surface area contributed by atoms with Crippen LogP contribution in [0.15, 0.2) is 30.3 Å². The number of carboxylic acids is 1. The second kappa shape index (κ2) is 5.40. The zero-order valence-corrected chi connectivity index (χ0v) is 8.14. The van der Waals surface area contributed by atoms with E-state index in [1.54, 1.807) is 6.92 Å². The summed E-state index contributed by atoms with van der Waals surface area (Å²) >= 11 is 0. The summed E-state index contributed by atoms with van der Waals surface area (Å²) in [5.74, 6) is -1.27. The third kappa shape index (κ3) is 3.58. The van der Waals surface area contributed by atoms with Gasteiger partial charge in [-0.1, -0.05) is 30.3 Å². The van der Waals surface area contributed by atoms with Gasteiger partial charge in [0.1, 0.15) is 0 Å². The highest BCUT2D eigenvalue weighted by atomic mass is 16.5. The van der Waals surface area contributed by atoms with Gasteiger partial charge in [0, 0.05) is 0 Å². The van der Waals surface area contributed by atoms with Crippen LogP contribution in [0.2, 0.25) is 0 Å². The Morgan fingerprint density at radius 3 is 2.64 bits per heavy atom. The van der Waals surface area contributed by atoms with Crippen molar-refractivity contribution in [1.29, 1.82) is 0 Å². The summed E-state index contributed by atoms with van der Waals surface area (Å²) in [4.78, 5) is 10.5. The molecule has 0 spiro atoms. The lowest BCUT2D eigenvalue weighted by molar-refractivity contribution is -0.143. The first-order valence-corrected chi connectivity index (χ1v) is 4.54. The number of benzene rings is 1. The Morgan fingerprint density at radius 1 is 1.43 bits per heavy atom. The molecule has 1 aromatic carbocycles. The van der Waals surface area contributed by atoms with Crippen LogP contribution in [0.3, 0.4) is 0 Å². The van der Waals surface area contributed by atoms with Gasteiger partial charge in [0.25, 0.3) is 0 Å². The van der Waals surface area contributed by atoms with E-state index in [1.165, 1.54) is 0 Å². The highest BCUT2D eigenvalue weighted by Gasteiger charge is 2.10. The van der Waals surface area contributed by atoms with Crippen molar-refractivity contribution in [1.82, 2.24) is 0 Å². The van der Waals surface area contributed by atoms with Crippen LogP contribution in [0.4, 0.5) is 0 Å². The molecule has 0 aliphatic heterocycles. The summed E-state index contributed by atoms with van der Waals surface area (Å²) in [6.07, 6.45) is 0. The van der Waals surface area contributed by atoms with Crippen molar-refractivity contribution in [3.05, 3.63) is 35.9 Å². The highest BCUT2D eigenvalue weighted by molar-refractivity contribution is 5.69. The molecule has 0 fully saturated rings. The Bertz CT molecular complexity index is 282. The number of aliphatic carboxylic acids is 1. The third-order valence-electron chi connectivity index (χ3n) is 1.90. The monoisotopic (exact) mass is 194 g/mol. The molecule has 0 radical (unpaired) electrons. The molecule has 0 aliphatic carbocycles. The molecule has 1 aromatic rings. The SMILES string of the molecule is C[C@H](COCc1ccccc1)C(=O)O. The second-order valence-electron chi connectivity index (χ2n) is 3.24. The van der Waals surface area contributed by atoms with Crippen LogP contribution in [0, 0.1) is 5.92 Å². The van der Waals surface area contributed by atoms with E-state index in [-0.39, 0.29) is 6.61 Å². The van der Waals surface area contributed by atoms with Gasteiger partial charge in [-0.25, -0.2) is 0 Å². The minimum absolute atomic E-state index is 0.254. The van der Waals surface area contributed by atoms with Gasteiger partial charge in [0.2, 0.25) is 0 Å². The normalized spacial score (nSPS) is 12.4. The van der Waals surface area contributed by atoms with Gasteiger partial charge in [0.05, 0.1) is 19.1 Å². The lowest BCUT2D eigenvalue weighted by Crippen LogP contribution is -2.15. The van der Waals surface area contributed by atoms with Gasteiger partial charge >= 0.3 is 5.97 Å². The zero-order valence-electron chi connectivity index (χ0n) is 8.14. The number of carboxylic acid groups (broad SMARTS) is 1. The van der Waals surface area contributed by atoms with Crippen molar-refractivity contribution < 1.29 is 14.6 Å². The lowest BCUT2D eigenvalue weighted by atomic mass is 10.2. The van der Waals surface area contributed by atoms with Crippen LogP contribution in [0.5, 0.6) is 0 Å². The van der Waals surface area contributed by atoms with Crippen molar-refractivity contribution in [3.8, 4) is 0 Å². The molecule has 14 heavy (non-hydrogen) atoms. The largest absolute Gasteiger partial charge is 0.481 e. The van der Waals surface area contributed by atoms with Crippen LogP contribution in [-0.2, 0) is 16.1 Å². The van der Waals surface area contributed by atoms with E-state index in [9.17, 15) is 4.79 Å². The van der Waals surface area contributed by atoms with Gasteiger partial charge in [-0.2, -0.15) is 0 Å². The first-order chi connectivity index (χ1) is 6.70. The molecular weight excluding hydrogens is 180 g/mol. The number of hydrogen-bond donors (Lipinski definition) is 1. The lowest BCUT2D eigenvalue weighted by Gasteiger charge is -2.07. The summed E-state index contributed by atoms with van der Waals surface area (Å²) in [5.41, 5.74) is 1.06. The fraction of sp³-hybridized carbons (Fsp3) is 0.364. The van der Waals surface area contributed by atoms with Gasteiger partial charge < -0.3 is 9.84 Å². The Labute approximate surface area is 83.3 Å². The molecule has 1 atom stereocenters. The van der Waals surface area contributed by atoms with E-state index in [0.717, 1.165) is 5.56 Å². The smallest absolute Gasteiger partial charge is 0.308 e. The van der Waals surface area contributed by atoms with Gasteiger partial charge in [-0.3, -0.25) is 4.79 Å². The molecule has 0 unspecified atom stereocenters. The number of hydrogen-bond acceptors (Lipinski definition) is 2. The van der Waals surface area contributed by atoms with Gasteiger partial charge in [-0.05, 0) is 12.5 Å². The van der Waals surface area contributed by atoms with E-state index in [2.05, 4.69) is 0 Å². The van der Waals surface area contributed by atoms with Crippen LogP contribution in [-0.4, -0.2) is 17.7 Å². The van der Waals surface area contributed by atoms with Gasteiger partial charge in [-0.15, -0.1) is 0 Å². The van der Waals surface area contributed by atoms with Crippen LogP contribution in [0.1, 0.15) is 12.5 Å². The molecule has 1 N–H and O–H groups in total. The van der Waals surface area contributed by atoms with Crippen molar-refractivity contribution in [2.45, 2.75) is 13.5 Å². The number of ether oxygens (including phenoxy) is 1. The first-order valence-electron chi connectivity index (χ1n) is 4.54. The predicted octanol–water partition coefficient (Wildman–Crippen LogP) is 1.92. The molecule has 0 saturated heterocycles. The van der Waals surface area contributed by atoms with E-state index in [1.807, 2.05) is 30.3 Å². The van der Waals surface area contributed by atoms with Crippen molar-refractivity contribution in [3.63, 3.8) is 0 Å². The summed E-state index contributed by atoms with van der Waals surface area (Å²) in [5, 5.41) is 8.60. The quantitative estimate of drug-likeness (QED) is 0.779. The molecule has 0 aliphatic rings. The Kier molecular flexibility index (Phi) is 4.13. The fourth-order valence-electron chi connectivity index (χ4n) is 0.999. The molecule has 0 amide bonds. The highest BCUT2D eigenvalue weighted by Crippen LogP contribution is 2.03. The third-order valence-corrected chi connectivity index (χ3v) is 1.90. The number of carbonyl (C=O) groups is 1. The average Bonchev–Trinajstić information content (AvgIpc) is 2.19. The number of rotatable bonds is 5. The molecular formula is C11H14O3. The standard InChI is InChI=1S/C11H14O3/c1-9(11(12)13)7-14-8-10-5-3-2-4-6-10/h2-6,9H,7-8H2,1H3,(H,12,13)/t9-/m1/s1. The second-order valence-corrected chi connectivity index (χ2v) is 3.24. The summed E-state index contributed by atoms with van der Waals surface area (Å²) < 4.78 is 5.26. The maximum absolute atomic E-state index is 10.5. The topological polar surface area (TPSA) is 46.5 Å².